The summed E-state index contributed by atoms with van der Waals surface area (Å²) in [5, 5.41) is 6.49. The Labute approximate surface area is 180 Å². The summed E-state index contributed by atoms with van der Waals surface area (Å²) in [6.45, 7) is 10.4. The minimum absolute atomic E-state index is 0. The summed E-state index contributed by atoms with van der Waals surface area (Å²) in [6.07, 6.45) is 2.75. The molecule has 0 radical (unpaired) electrons. The van der Waals surface area contributed by atoms with Crippen LogP contribution in [0.3, 0.4) is 0 Å². The van der Waals surface area contributed by atoms with E-state index in [1.165, 1.54) is 5.56 Å². The Bertz CT molecular complexity index is 616. The molecule has 1 aliphatic heterocycles. The number of amides is 1. The van der Waals surface area contributed by atoms with Crippen LogP contribution in [0.5, 0.6) is 5.75 Å². The fourth-order valence-corrected chi connectivity index (χ4v) is 3.00. The number of aryl methyl sites for hydroxylation is 1. The smallest absolute Gasteiger partial charge is 0.224 e. The number of likely N-dealkylation sites (tertiary alicyclic amines) is 1. The molecule has 152 valence electrons. The molecule has 1 fully saturated rings. The van der Waals surface area contributed by atoms with Crippen LogP contribution >= 0.6 is 24.0 Å². The molecule has 1 aliphatic rings. The highest BCUT2D eigenvalue weighted by atomic mass is 127. The number of halogens is 1. The van der Waals surface area contributed by atoms with Crippen LogP contribution in [0, 0.1) is 6.92 Å². The molecule has 0 saturated carbocycles. The molecular weight excluding hydrogens is 455 g/mol. The van der Waals surface area contributed by atoms with E-state index in [2.05, 4.69) is 34.7 Å². The monoisotopic (exact) mass is 488 g/mol. The fraction of sp³-hybridized carbons (Fsp3) is 0.600. The van der Waals surface area contributed by atoms with Crippen molar-refractivity contribution in [1.29, 1.82) is 0 Å². The summed E-state index contributed by atoms with van der Waals surface area (Å²) < 4.78 is 5.72. The lowest BCUT2D eigenvalue weighted by molar-refractivity contribution is -0.129. The van der Waals surface area contributed by atoms with Gasteiger partial charge in [-0.15, -0.1) is 24.0 Å². The lowest BCUT2D eigenvalue weighted by Crippen LogP contribution is -2.39. The van der Waals surface area contributed by atoms with Gasteiger partial charge in [0, 0.05) is 38.2 Å². The first-order valence-electron chi connectivity index (χ1n) is 9.66. The Morgan fingerprint density at radius 2 is 1.96 bits per heavy atom. The van der Waals surface area contributed by atoms with Crippen LogP contribution in [0.25, 0.3) is 0 Å². The number of hydrogen-bond donors (Lipinski definition) is 2. The highest BCUT2D eigenvalue weighted by molar-refractivity contribution is 14.0. The Morgan fingerprint density at radius 3 is 2.63 bits per heavy atom. The number of benzene rings is 1. The third kappa shape index (κ3) is 7.94. The van der Waals surface area contributed by atoms with E-state index in [1.54, 1.807) is 0 Å². The summed E-state index contributed by atoms with van der Waals surface area (Å²) in [4.78, 5) is 18.7. The molecule has 6 nitrogen and oxygen atoms in total. The maximum Gasteiger partial charge on any atom is 0.224 e. The maximum atomic E-state index is 12.1. The average Bonchev–Trinajstić information content (AvgIpc) is 3.16. The Morgan fingerprint density at radius 1 is 1.22 bits per heavy atom. The average molecular weight is 488 g/mol. The molecule has 1 aromatic carbocycles. The largest absolute Gasteiger partial charge is 0.494 e. The second-order valence-corrected chi connectivity index (χ2v) is 6.50. The zero-order chi connectivity index (χ0) is 18.8. The molecule has 2 rings (SSSR count). The number of nitrogens with zero attached hydrogens (tertiary/aromatic N) is 2. The third-order valence-corrected chi connectivity index (χ3v) is 4.36. The van der Waals surface area contributed by atoms with Gasteiger partial charge in [0.2, 0.25) is 5.91 Å². The van der Waals surface area contributed by atoms with Crippen LogP contribution in [0.1, 0.15) is 44.2 Å². The number of aliphatic imine (C=N–C) groups is 1. The van der Waals surface area contributed by atoms with Gasteiger partial charge in [0.25, 0.3) is 0 Å². The first-order chi connectivity index (χ1) is 12.6. The number of guanidine groups is 1. The number of ether oxygens (including phenoxy) is 1. The van der Waals surface area contributed by atoms with Crippen molar-refractivity contribution in [3.63, 3.8) is 0 Å². The van der Waals surface area contributed by atoms with Gasteiger partial charge in [0.1, 0.15) is 5.75 Å². The van der Waals surface area contributed by atoms with Crippen LogP contribution < -0.4 is 15.4 Å². The molecule has 0 aliphatic carbocycles. The van der Waals surface area contributed by atoms with E-state index in [0.29, 0.717) is 26.1 Å². The van der Waals surface area contributed by atoms with Crippen molar-refractivity contribution in [1.82, 2.24) is 15.5 Å². The second-order valence-electron chi connectivity index (χ2n) is 6.50. The quantitative estimate of drug-likeness (QED) is 0.336. The molecule has 1 saturated heterocycles. The first kappa shape index (κ1) is 23.5. The third-order valence-electron chi connectivity index (χ3n) is 4.36. The number of carbonyl (C=O) groups is 1. The summed E-state index contributed by atoms with van der Waals surface area (Å²) >= 11 is 0. The second kappa shape index (κ2) is 12.8. The Kier molecular flexibility index (Phi) is 11.2. The zero-order valence-corrected chi connectivity index (χ0v) is 19.0. The van der Waals surface area contributed by atoms with Crippen LogP contribution in [0.4, 0.5) is 0 Å². The number of nitrogens with one attached hydrogen (secondary N) is 2. The van der Waals surface area contributed by atoms with Gasteiger partial charge in [0.15, 0.2) is 5.96 Å². The van der Waals surface area contributed by atoms with E-state index in [0.717, 1.165) is 49.7 Å². The van der Waals surface area contributed by atoms with Crippen LogP contribution in [0.2, 0.25) is 0 Å². The molecule has 0 bridgehead atoms. The lowest BCUT2D eigenvalue weighted by atomic mass is 10.1. The molecule has 0 atom stereocenters. The minimum Gasteiger partial charge on any atom is -0.494 e. The molecule has 0 unspecified atom stereocenters. The predicted octanol–water partition coefficient (Wildman–Crippen LogP) is 3.08. The molecular formula is C20H33IN4O2. The van der Waals surface area contributed by atoms with Crippen molar-refractivity contribution in [3.8, 4) is 5.75 Å². The topological polar surface area (TPSA) is 66.0 Å². The van der Waals surface area contributed by atoms with Crippen molar-refractivity contribution >= 4 is 35.8 Å². The van der Waals surface area contributed by atoms with E-state index in [1.807, 2.05) is 24.8 Å². The summed E-state index contributed by atoms with van der Waals surface area (Å²) in [5.41, 5.74) is 2.23. The Hall–Kier alpha value is -1.51. The maximum absolute atomic E-state index is 12.1. The van der Waals surface area contributed by atoms with E-state index >= 15 is 0 Å². The summed E-state index contributed by atoms with van der Waals surface area (Å²) in [7, 11) is 0. The fourth-order valence-electron chi connectivity index (χ4n) is 3.00. The van der Waals surface area contributed by atoms with Crippen molar-refractivity contribution in [2.24, 2.45) is 4.99 Å². The molecule has 2 N–H and O–H groups in total. The summed E-state index contributed by atoms with van der Waals surface area (Å²) in [5.74, 6) is 1.84. The molecule has 0 aromatic heterocycles. The van der Waals surface area contributed by atoms with Crippen LogP contribution in [0.15, 0.2) is 23.2 Å². The normalized spacial score (nSPS) is 13.9. The van der Waals surface area contributed by atoms with E-state index < -0.39 is 0 Å². The number of hydrogen-bond acceptors (Lipinski definition) is 3. The molecule has 1 heterocycles. The highest BCUT2D eigenvalue weighted by Crippen LogP contribution is 2.21. The predicted molar refractivity (Wildman–Crippen MR) is 121 cm³/mol. The van der Waals surface area contributed by atoms with Crippen molar-refractivity contribution < 1.29 is 9.53 Å². The minimum atomic E-state index is 0. The number of rotatable bonds is 8. The SMILES string of the molecule is CCNC(=NCc1ccc(C)cc1OCC)NCCC(=O)N1CCCC1.I. The van der Waals surface area contributed by atoms with Crippen molar-refractivity contribution in [2.45, 2.75) is 46.6 Å². The number of carbonyl (C=O) groups excluding carboxylic acids is 1. The standard InChI is InChI=1S/C20H32N4O2.HI/c1-4-21-20(22-11-10-19(25)24-12-6-7-13-24)23-15-17-9-8-16(3)14-18(17)26-5-2;/h8-9,14H,4-7,10-13,15H2,1-3H3,(H2,21,22,23);1H. The van der Waals surface area contributed by atoms with Crippen molar-refractivity contribution in [3.05, 3.63) is 29.3 Å². The van der Waals surface area contributed by atoms with Crippen molar-refractivity contribution in [2.75, 3.05) is 32.8 Å². The van der Waals surface area contributed by atoms with Crippen LogP contribution in [-0.4, -0.2) is 49.6 Å². The van der Waals surface area contributed by atoms with E-state index in [4.69, 9.17) is 4.74 Å². The van der Waals surface area contributed by atoms with E-state index in [9.17, 15) is 4.79 Å². The van der Waals surface area contributed by atoms with Crippen LogP contribution in [-0.2, 0) is 11.3 Å². The van der Waals surface area contributed by atoms with Gasteiger partial charge in [-0.25, -0.2) is 4.99 Å². The highest BCUT2D eigenvalue weighted by Gasteiger charge is 2.17. The summed E-state index contributed by atoms with van der Waals surface area (Å²) in [6, 6.07) is 6.18. The molecule has 27 heavy (non-hydrogen) atoms. The first-order valence-corrected chi connectivity index (χ1v) is 9.66. The van der Waals surface area contributed by atoms with Gasteiger partial charge >= 0.3 is 0 Å². The van der Waals surface area contributed by atoms with Gasteiger partial charge < -0.3 is 20.3 Å². The van der Waals surface area contributed by atoms with E-state index in [-0.39, 0.29) is 29.9 Å². The lowest BCUT2D eigenvalue weighted by Gasteiger charge is -2.16. The van der Waals surface area contributed by atoms with Gasteiger partial charge in [-0.2, -0.15) is 0 Å². The van der Waals surface area contributed by atoms with Gasteiger partial charge in [0.05, 0.1) is 13.2 Å². The molecule has 1 aromatic rings. The Balaban J connectivity index is 0.00000364. The zero-order valence-electron chi connectivity index (χ0n) is 16.7. The molecule has 0 spiro atoms. The van der Waals surface area contributed by atoms with Gasteiger partial charge in [-0.1, -0.05) is 12.1 Å². The van der Waals surface area contributed by atoms with Gasteiger partial charge in [-0.3, -0.25) is 4.79 Å². The molecule has 7 heteroatoms. The van der Waals surface area contributed by atoms with Gasteiger partial charge in [-0.05, 0) is 45.2 Å². The molecule has 1 amide bonds.